The molecule has 0 saturated heterocycles. The zero-order chi connectivity index (χ0) is 16.1. The van der Waals surface area contributed by atoms with Gasteiger partial charge in [0, 0.05) is 24.3 Å². The Labute approximate surface area is 126 Å². The van der Waals surface area contributed by atoms with Crippen LogP contribution in [-0.2, 0) is 0 Å². The Balaban J connectivity index is 2.57. The Morgan fingerprint density at radius 3 is 1.77 bits per heavy atom. The highest BCUT2D eigenvalue weighted by molar-refractivity contribution is 5.82. The molecule has 2 rings (SSSR count). The third-order valence-electron chi connectivity index (χ3n) is 2.96. The van der Waals surface area contributed by atoms with E-state index in [0.717, 1.165) is 0 Å². The van der Waals surface area contributed by atoms with Gasteiger partial charge in [-0.1, -0.05) is 30.2 Å². The first-order valence-electron chi connectivity index (χ1n) is 6.19. The SMILES string of the molecule is C#CC=C(c1cccc([N+](=O)[O-])c1)c1cccc([N+](=O)[O-])c1. The molecule has 0 aliphatic heterocycles. The molecule has 0 aromatic heterocycles. The third-order valence-corrected chi connectivity index (χ3v) is 2.96. The van der Waals surface area contributed by atoms with Crippen molar-refractivity contribution in [2.75, 3.05) is 0 Å². The van der Waals surface area contributed by atoms with Crippen molar-refractivity contribution in [3.05, 3.63) is 86.0 Å². The van der Waals surface area contributed by atoms with Gasteiger partial charge < -0.3 is 0 Å². The number of nitrogens with zero attached hydrogens (tertiary/aromatic N) is 2. The van der Waals surface area contributed by atoms with E-state index in [2.05, 4.69) is 5.92 Å². The molecular formula is C16H10N2O4. The first-order valence-corrected chi connectivity index (χ1v) is 6.19. The standard InChI is InChI=1S/C16H10N2O4/c1-2-5-16(12-6-3-8-14(10-12)17(19)20)13-7-4-9-15(11-13)18(21)22/h1,3-11H. The monoisotopic (exact) mass is 294 g/mol. The fraction of sp³-hybridized carbons (Fsp3) is 0. The number of benzene rings is 2. The maximum absolute atomic E-state index is 10.9. The fourth-order valence-electron chi connectivity index (χ4n) is 1.99. The molecule has 108 valence electrons. The molecule has 0 fully saturated rings. The van der Waals surface area contributed by atoms with Crippen molar-refractivity contribution < 1.29 is 9.85 Å². The van der Waals surface area contributed by atoms with Crippen molar-refractivity contribution in [1.82, 2.24) is 0 Å². The van der Waals surface area contributed by atoms with E-state index in [1.54, 1.807) is 12.1 Å². The molecule has 0 aliphatic rings. The summed E-state index contributed by atoms with van der Waals surface area (Å²) in [5.41, 5.74) is 1.40. The van der Waals surface area contributed by atoms with Crippen molar-refractivity contribution in [1.29, 1.82) is 0 Å². The molecule has 0 atom stereocenters. The smallest absolute Gasteiger partial charge is 0.258 e. The Kier molecular flexibility index (Phi) is 4.30. The van der Waals surface area contributed by atoms with Crippen LogP contribution in [0.1, 0.15) is 11.1 Å². The molecule has 2 aromatic rings. The van der Waals surface area contributed by atoms with Gasteiger partial charge in [-0.2, -0.15) is 0 Å². The van der Waals surface area contributed by atoms with Gasteiger partial charge >= 0.3 is 0 Å². The average Bonchev–Trinajstić information content (AvgIpc) is 2.52. The van der Waals surface area contributed by atoms with Gasteiger partial charge in [0.15, 0.2) is 0 Å². The molecule has 0 aliphatic carbocycles. The average molecular weight is 294 g/mol. The maximum atomic E-state index is 10.9. The first kappa shape index (κ1) is 14.9. The molecule has 22 heavy (non-hydrogen) atoms. The molecule has 0 unspecified atom stereocenters. The van der Waals surface area contributed by atoms with Crippen LogP contribution in [0.3, 0.4) is 0 Å². The van der Waals surface area contributed by atoms with E-state index >= 15 is 0 Å². The quantitative estimate of drug-likeness (QED) is 0.490. The first-order chi connectivity index (χ1) is 10.5. The zero-order valence-electron chi connectivity index (χ0n) is 11.3. The van der Waals surface area contributed by atoms with Crippen LogP contribution in [0.4, 0.5) is 11.4 Å². The minimum Gasteiger partial charge on any atom is -0.258 e. The Hall–Kier alpha value is -3.46. The molecule has 0 N–H and O–H groups in total. The zero-order valence-corrected chi connectivity index (χ0v) is 11.3. The van der Waals surface area contributed by atoms with E-state index < -0.39 is 9.85 Å². The van der Waals surface area contributed by atoms with Gasteiger partial charge in [0.1, 0.15) is 0 Å². The lowest BCUT2D eigenvalue weighted by Crippen LogP contribution is -1.94. The number of hydrogen-bond acceptors (Lipinski definition) is 4. The topological polar surface area (TPSA) is 86.3 Å². The van der Waals surface area contributed by atoms with E-state index in [0.29, 0.717) is 16.7 Å². The molecule has 6 heteroatoms. The van der Waals surface area contributed by atoms with Gasteiger partial charge in [0.2, 0.25) is 0 Å². The summed E-state index contributed by atoms with van der Waals surface area (Å²) in [4.78, 5) is 20.7. The summed E-state index contributed by atoms with van der Waals surface area (Å²) in [7, 11) is 0. The van der Waals surface area contributed by atoms with Gasteiger partial charge in [0.25, 0.3) is 11.4 Å². The summed E-state index contributed by atoms with van der Waals surface area (Å²) in [6, 6.07) is 11.9. The number of non-ortho nitro benzene ring substituents is 2. The summed E-state index contributed by atoms with van der Waals surface area (Å²) in [5, 5.41) is 21.7. The molecule has 6 nitrogen and oxygen atoms in total. The number of rotatable bonds is 4. The van der Waals surface area contributed by atoms with Crippen molar-refractivity contribution in [3.8, 4) is 12.3 Å². The largest absolute Gasteiger partial charge is 0.270 e. The van der Waals surface area contributed by atoms with Gasteiger partial charge in [-0.05, 0) is 22.8 Å². The highest BCUT2D eigenvalue weighted by Gasteiger charge is 2.13. The van der Waals surface area contributed by atoms with Crippen LogP contribution in [0.15, 0.2) is 54.6 Å². The molecule has 2 aromatic carbocycles. The second kappa shape index (κ2) is 6.33. The van der Waals surface area contributed by atoms with E-state index in [1.165, 1.54) is 42.5 Å². The number of allylic oxidation sites excluding steroid dienone is 1. The Morgan fingerprint density at radius 2 is 1.41 bits per heavy atom. The molecular weight excluding hydrogens is 284 g/mol. The van der Waals surface area contributed by atoms with Crippen LogP contribution in [-0.4, -0.2) is 9.85 Å². The Morgan fingerprint density at radius 1 is 0.955 bits per heavy atom. The van der Waals surface area contributed by atoms with Crippen molar-refractivity contribution >= 4 is 16.9 Å². The highest BCUT2D eigenvalue weighted by atomic mass is 16.6. The number of terminal acetylenes is 1. The lowest BCUT2D eigenvalue weighted by atomic mass is 9.97. The molecule has 0 radical (unpaired) electrons. The van der Waals surface area contributed by atoms with Gasteiger partial charge in [-0.15, -0.1) is 6.42 Å². The van der Waals surface area contributed by atoms with Crippen LogP contribution in [0.25, 0.3) is 5.57 Å². The number of nitro benzene ring substituents is 2. The molecule has 0 bridgehead atoms. The van der Waals surface area contributed by atoms with Crippen LogP contribution in [0.5, 0.6) is 0 Å². The van der Waals surface area contributed by atoms with Crippen molar-refractivity contribution in [2.45, 2.75) is 0 Å². The minimum atomic E-state index is -0.509. The summed E-state index contributed by atoms with van der Waals surface area (Å²) in [6.45, 7) is 0. The lowest BCUT2D eigenvalue weighted by Gasteiger charge is -2.07. The fourth-order valence-corrected chi connectivity index (χ4v) is 1.99. The van der Waals surface area contributed by atoms with Crippen molar-refractivity contribution in [2.24, 2.45) is 0 Å². The summed E-state index contributed by atoms with van der Waals surface area (Å²) >= 11 is 0. The van der Waals surface area contributed by atoms with Crippen LogP contribution >= 0.6 is 0 Å². The predicted octanol–water partition coefficient (Wildman–Crippen LogP) is 3.57. The van der Waals surface area contributed by atoms with E-state index in [1.807, 2.05) is 0 Å². The summed E-state index contributed by atoms with van der Waals surface area (Å²) in [5.74, 6) is 2.36. The second-order valence-corrected chi connectivity index (χ2v) is 4.34. The summed E-state index contributed by atoms with van der Waals surface area (Å²) in [6.07, 6.45) is 6.73. The predicted molar refractivity (Wildman–Crippen MR) is 82.1 cm³/mol. The lowest BCUT2D eigenvalue weighted by molar-refractivity contribution is -0.385. The maximum Gasteiger partial charge on any atom is 0.270 e. The van der Waals surface area contributed by atoms with Crippen LogP contribution < -0.4 is 0 Å². The van der Waals surface area contributed by atoms with Gasteiger partial charge in [-0.3, -0.25) is 20.2 Å². The highest BCUT2D eigenvalue weighted by Crippen LogP contribution is 2.28. The van der Waals surface area contributed by atoms with Crippen LogP contribution in [0, 0.1) is 32.6 Å². The van der Waals surface area contributed by atoms with Gasteiger partial charge in [0.05, 0.1) is 9.85 Å². The number of nitro groups is 2. The molecule has 0 spiro atoms. The van der Waals surface area contributed by atoms with E-state index in [-0.39, 0.29) is 11.4 Å². The third kappa shape index (κ3) is 3.16. The molecule has 0 heterocycles. The minimum absolute atomic E-state index is 0.0779. The Bertz CT molecular complexity index is 759. The van der Waals surface area contributed by atoms with Crippen LogP contribution in [0.2, 0.25) is 0 Å². The second-order valence-electron chi connectivity index (χ2n) is 4.34. The van der Waals surface area contributed by atoms with E-state index in [4.69, 9.17) is 6.42 Å². The molecule has 0 amide bonds. The van der Waals surface area contributed by atoms with Crippen molar-refractivity contribution in [3.63, 3.8) is 0 Å². The summed E-state index contributed by atoms with van der Waals surface area (Å²) < 4.78 is 0. The normalized spacial score (nSPS) is 9.59. The van der Waals surface area contributed by atoms with E-state index in [9.17, 15) is 20.2 Å². The molecule has 0 saturated carbocycles. The van der Waals surface area contributed by atoms with Gasteiger partial charge in [-0.25, -0.2) is 0 Å². The number of hydrogen-bond donors (Lipinski definition) is 0.